The van der Waals surface area contributed by atoms with E-state index in [2.05, 4.69) is 4.72 Å². The molecule has 2 aromatic rings. The summed E-state index contributed by atoms with van der Waals surface area (Å²) in [4.78, 5) is 0.135. The highest BCUT2D eigenvalue weighted by Crippen LogP contribution is 2.24. The van der Waals surface area contributed by atoms with Crippen LogP contribution in [-0.4, -0.2) is 28.7 Å². The second kappa shape index (κ2) is 7.48. The molecule has 0 saturated heterocycles. The first-order valence-electron chi connectivity index (χ1n) is 7.27. The van der Waals surface area contributed by atoms with Gasteiger partial charge in [0.05, 0.1) is 7.11 Å². The van der Waals surface area contributed by atoms with E-state index < -0.39 is 10.0 Å². The van der Waals surface area contributed by atoms with Gasteiger partial charge >= 0.3 is 0 Å². The smallest absolute Gasteiger partial charge is 0.244 e. The molecule has 0 aliphatic rings. The Morgan fingerprint density at radius 3 is 2.48 bits per heavy atom. The molecule has 0 amide bonds. The summed E-state index contributed by atoms with van der Waals surface area (Å²) in [6.45, 7) is 4.20. The summed E-state index contributed by atoms with van der Waals surface area (Å²) in [5, 5.41) is 0. The van der Waals surface area contributed by atoms with E-state index in [-0.39, 0.29) is 18.0 Å². The largest absolute Gasteiger partial charge is 0.495 e. The van der Waals surface area contributed by atoms with Crippen LogP contribution in [0.15, 0.2) is 47.4 Å². The van der Waals surface area contributed by atoms with Crippen LogP contribution < -0.4 is 14.2 Å². The number of aryl methyl sites for hydroxylation is 2. The van der Waals surface area contributed by atoms with E-state index in [1.165, 1.54) is 7.11 Å². The van der Waals surface area contributed by atoms with Gasteiger partial charge in [-0.3, -0.25) is 0 Å². The number of para-hydroxylation sites is 1. The average Bonchev–Trinajstić information content (AvgIpc) is 2.53. The first kappa shape index (κ1) is 17.3. The Balaban J connectivity index is 2.00. The lowest BCUT2D eigenvalue weighted by Crippen LogP contribution is -2.28. The Hall–Kier alpha value is -2.05. The average molecular weight is 335 g/mol. The maximum absolute atomic E-state index is 12.4. The Labute approximate surface area is 137 Å². The van der Waals surface area contributed by atoms with E-state index in [0.717, 1.165) is 16.9 Å². The van der Waals surface area contributed by atoms with Crippen molar-refractivity contribution in [2.75, 3.05) is 20.3 Å². The Morgan fingerprint density at radius 1 is 1.04 bits per heavy atom. The maximum atomic E-state index is 12.4. The van der Waals surface area contributed by atoms with Gasteiger partial charge in [0.1, 0.15) is 23.0 Å². The van der Waals surface area contributed by atoms with Gasteiger partial charge in [-0.2, -0.15) is 0 Å². The quantitative estimate of drug-likeness (QED) is 0.790. The minimum atomic E-state index is -3.65. The SMILES string of the molecule is COc1ccc(C)cc1S(=O)(=O)NCCOc1ccccc1C. The van der Waals surface area contributed by atoms with Crippen LogP contribution in [0.25, 0.3) is 0 Å². The van der Waals surface area contributed by atoms with Crippen LogP contribution in [-0.2, 0) is 10.0 Å². The van der Waals surface area contributed by atoms with E-state index in [0.29, 0.717) is 5.75 Å². The fourth-order valence-electron chi connectivity index (χ4n) is 2.13. The number of nitrogens with one attached hydrogen (secondary N) is 1. The van der Waals surface area contributed by atoms with E-state index >= 15 is 0 Å². The van der Waals surface area contributed by atoms with Crippen LogP contribution in [0.5, 0.6) is 11.5 Å². The molecule has 0 aliphatic carbocycles. The summed E-state index contributed by atoms with van der Waals surface area (Å²) in [6.07, 6.45) is 0. The van der Waals surface area contributed by atoms with Gasteiger partial charge in [-0.05, 0) is 43.2 Å². The third kappa shape index (κ3) is 4.46. The molecule has 124 valence electrons. The molecule has 0 spiro atoms. The van der Waals surface area contributed by atoms with Crippen molar-refractivity contribution >= 4 is 10.0 Å². The highest BCUT2D eigenvalue weighted by molar-refractivity contribution is 7.89. The van der Waals surface area contributed by atoms with Crippen LogP contribution in [0.3, 0.4) is 0 Å². The standard InChI is InChI=1S/C17H21NO4S/c1-13-8-9-16(21-3)17(12-13)23(19,20)18-10-11-22-15-7-5-4-6-14(15)2/h4-9,12,18H,10-11H2,1-3H3. The van der Waals surface area contributed by atoms with Crippen molar-refractivity contribution in [3.63, 3.8) is 0 Å². The van der Waals surface area contributed by atoms with E-state index in [4.69, 9.17) is 9.47 Å². The molecule has 0 fully saturated rings. The lowest BCUT2D eigenvalue weighted by molar-refractivity contribution is 0.320. The Morgan fingerprint density at radius 2 is 1.78 bits per heavy atom. The van der Waals surface area contributed by atoms with Crippen molar-refractivity contribution in [2.45, 2.75) is 18.7 Å². The molecule has 0 aliphatic heterocycles. The van der Waals surface area contributed by atoms with Gasteiger partial charge < -0.3 is 9.47 Å². The minimum Gasteiger partial charge on any atom is -0.495 e. The predicted octanol–water partition coefficient (Wildman–Crippen LogP) is 2.67. The first-order valence-corrected chi connectivity index (χ1v) is 8.75. The monoisotopic (exact) mass is 335 g/mol. The number of methoxy groups -OCH3 is 1. The summed E-state index contributed by atoms with van der Waals surface area (Å²) < 4.78 is 38.0. The zero-order valence-corrected chi connectivity index (χ0v) is 14.3. The molecular weight excluding hydrogens is 314 g/mol. The second-order valence-corrected chi connectivity index (χ2v) is 6.90. The van der Waals surface area contributed by atoms with Gasteiger partial charge in [0, 0.05) is 6.54 Å². The zero-order valence-electron chi connectivity index (χ0n) is 13.5. The van der Waals surface area contributed by atoms with Crippen molar-refractivity contribution in [1.82, 2.24) is 4.72 Å². The highest BCUT2D eigenvalue weighted by Gasteiger charge is 2.19. The molecule has 0 bridgehead atoms. The number of ether oxygens (including phenoxy) is 2. The number of hydrogen-bond acceptors (Lipinski definition) is 4. The summed E-state index contributed by atoms with van der Waals surface area (Å²) in [7, 11) is -2.20. The fourth-order valence-corrected chi connectivity index (χ4v) is 3.39. The molecule has 1 N–H and O–H groups in total. The van der Waals surface area contributed by atoms with Gasteiger partial charge in [-0.1, -0.05) is 24.3 Å². The lowest BCUT2D eigenvalue weighted by atomic mass is 10.2. The molecule has 0 unspecified atom stereocenters. The Bertz CT molecular complexity index is 772. The Kier molecular flexibility index (Phi) is 5.63. The molecular formula is C17H21NO4S. The van der Waals surface area contributed by atoms with Gasteiger partial charge in [-0.15, -0.1) is 0 Å². The predicted molar refractivity (Wildman–Crippen MR) is 89.6 cm³/mol. The van der Waals surface area contributed by atoms with Gasteiger partial charge in [0.15, 0.2) is 0 Å². The molecule has 2 aromatic carbocycles. The van der Waals surface area contributed by atoms with Crippen LogP contribution in [0.2, 0.25) is 0 Å². The third-order valence-electron chi connectivity index (χ3n) is 3.35. The number of hydrogen-bond donors (Lipinski definition) is 1. The van der Waals surface area contributed by atoms with Gasteiger partial charge in [-0.25, -0.2) is 13.1 Å². The molecule has 0 aromatic heterocycles. The summed E-state index contributed by atoms with van der Waals surface area (Å²) in [5.74, 6) is 1.07. The van der Waals surface area contributed by atoms with Crippen LogP contribution in [0.1, 0.15) is 11.1 Å². The van der Waals surface area contributed by atoms with E-state index in [1.54, 1.807) is 18.2 Å². The summed E-state index contributed by atoms with van der Waals surface area (Å²) >= 11 is 0. The molecule has 0 saturated carbocycles. The van der Waals surface area contributed by atoms with E-state index in [1.807, 2.05) is 38.1 Å². The third-order valence-corrected chi connectivity index (χ3v) is 4.84. The number of rotatable bonds is 7. The van der Waals surface area contributed by atoms with Crippen LogP contribution in [0, 0.1) is 13.8 Å². The minimum absolute atomic E-state index is 0.135. The summed E-state index contributed by atoms with van der Waals surface area (Å²) in [5.41, 5.74) is 1.86. The van der Waals surface area contributed by atoms with Crippen molar-refractivity contribution in [3.05, 3.63) is 53.6 Å². The molecule has 6 heteroatoms. The first-order chi connectivity index (χ1) is 10.9. The van der Waals surface area contributed by atoms with Gasteiger partial charge in [0.2, 0.25) is 10.0 Å². The van der Waals surface area contributed by atoms with Crippen LogP contribution in [0.4, 0.5) is 0 Å². The molecule has 23 heavy (non-hydrogen) atoms. The lowest BCUT2D eigenvalue weighted by Gasteiger charge is -2.12. The zero-order chi connectivity index (χ0) is 16.9. The highest BCUT2D eigenvalue weighted by atomic mass is 32.2. The maximum Gasteiger partial charge on any atom is 0.244 e. The van der Waals surface area contributed by atoms with Crippen molar-refractivity contribution in [2.24, 2.45) is 0 Å². The normalized spacial score (nSPS) is 11.3. The van der Waals surface area contributed by atoms with Crippen LogP contribution >= 0.6 is 0 Å². The number of benzene rings is 2. The topological polar surface area (TPSA) is 64.6 Å². The molecule has 0 heterocycles. The summed E-state index contributed by atoms with van der Waals surface area (Å²) in [6, 6.07) is 12.6. The molecule has 0 atom stereocenters. The van der Waals surface area contributed by atoms with Crippen molar-refractivity contribution in [3.8, 4) is 11.5 Å². The van der Waals surface area contributed by atoms with Gasteiger partial charge in [0.25, 0.3) is 0 Å². The van der Waals surface area contributed by atoms with E-state index in [9.17, 15) is 8.42 Å². The fraction of sp³-hybridized carbons (Fsp3) is 0.294. The number of sulfonamides is 1. The molecule has 5 nitrogen and oxygen atoms in total. The van der Waals surface area contributed by atoms with Crippen molar-refractivity contribution in [1.29, 1.82) is 0 Å². The molecule has 0 radical (unpaired) electrons. The molecule has 2 rings (SSSR count). The van der Waals surface area contributed by atoms with Crippen molar-refractivity contribution < 1.29 is 17.9 Å². The second-order valence-electron chi connectivity index (χ2n) is 5.17.